The summed E-state index contributed by atoms with van der Waals surface area (Å²) < 4.78 is 16.5. The number of furan rings is 1. The number of nitrogens with one attached hydrogen (secondary N) is 2. The van der Waals surface area contributed by atoms with E-state index in [1.54, 1.807) is 14.2 Å². The first-order valence-corrected chi connectivity index (χ1v) is 8.48. The van der Waals surface area contributed by atoms with Crippen molar-refractivity contribution in [3.63, 3.8) is 0 Å². The summed E-state index contributed by atoms with van der Waals surface area (Å²) in [4.78, 5) is 6.68. The molecule has 1 aliphatic heterocycles. The smallest absolute Gasteiger partial charge is 0.191 e. The standard InChI is InChI=1S/C17H30N4O3.HI/c1-13(12-22-4)20-17(18-3)19-11-15(16-6-5-14(2)24-16)21-7-9-23-10-8-21;/h5-6,13,15H,7-12H2,1-4H3,(H2,18,19,20);1H. The summed E-state index contributed by atoms with van der Waals surface area (Å²) in [7, 11) is 3.47. The van der Waals surface area contributed by atoms with E-state index in [4.69, 9.17) is 13.9 Å². The van der Waals surface area contributed by atoms with Gasteiger partial charge in [0.15, 0.2) is 5.96 Å². The van der Waals surface area contributed by atoms with E-state index in [1.807, 2.05) is 13.0 Å². The lowest BCUT2D eigenvalue weighted by Gasteiger charge is -2.33. The van der Waals surface area contributed by atoms with Crippen LogP contribution in [0.3, 0.4) is 0 Å². The summed E-state index contributed by atoms with van der Waals surface area (Å²) >= 11 is 0. The van der Waals surface area contributed by atoms with Crippen molar-refractivity contribution in [2.45, 2.75) is 25.9 Å². The number of hydrogen-bond acceptors (Lipinski definition) is 5. The molecule has 0 amide bonds. The molecule has 0 bridgehead atoms. The molecule has 0 spiro atoms. The second-order valence-electron chi connectivity index (χ2n) is 6.07. The average molecular weight is 466 g/mol. The Hall–Kier alpha value is -0.840. The Labute approximate surface area is 167 Å². The van der Waals surface area contributed by atoms with Crippen LogP contribution in [0.15, 0.2) is 21.5 Å². The Morgan fingerprint density at radius 1 is 1.36 bits per heavy atom. The molecule has 2 N–H and O–H groups in total. The normalized spacial score (nSPS) is 18.3. The van der Waals surface area contributed by atoms with Crippen LogP contribution in [0.1, 0.15) is 24.5 Å². The molecule has 1 aromatic heterocycles. The summed E-state index contributed by atoms with van der Waals surface area (Å²) in [6, 6.07) is 4.41. The van der Waals surface area contributed by atoms with Crippen LogP contribution in [0.2, 0.25) is 0 Å². The lowest BCUT2D eigenvalue weighted by atomic mass is 10.1. The zero-order valence-corrected chi connectivity index (χ0v) is 17.9. The van der Waals surface area contributed by atoms with E-state index in [-0.39, 0.29) is 36.1 Å². The molecule has 0 radical (unpaired) electrons. The quantitative estimate of drug-likeness (QED) is 0.363. The van der Waals surface area contributed by atoms with Crippen LogP contribution >= 0.6 is 24.0 Å². The molecule has 2 atom stereocenters. The first-order chi connectivity index (χ1) is 11.6. The number of rotatable bonds is 7. The van der Waals surface area contributed by atoms with Crippen LogP contribution in [0.25, 0.3) is 0 Å². The van der Waals surface area contributed by atoms with Gasteiger partial charge in [0.1, 0.15) is 11.5 Å². The van der Waals surface area contributed by atoms with Gasteiger partial charge in [-0.05, 0) is 26.0 Å². The van der Waals surface area contributed by atoms with Gasteiger partial charge < -0.3 is 24.5 Å². The van der Waals surface area contributed by atoms with Crippen molar-refractivity contribution < 1.29 is 13.9 Å². The second kappa shape index (κ2) is 11.7. The molecule has 1 aliphatic rings. The Kier molecular flexibility index (Phi) is 10.4. The fraction of sp³-hybridized carbons (Fsp3) is 0.706. The first kappa shape index (κ1) is 22.2. The van der Waals surface area contributed by atoms with Crippen LogP contribution in [0, 0.1) is 6.92 Å². The van der Waals surface area contributed by atoms with Gasteiger partial charge in [-0.15, -0.1) is 24.0 Å². The largest absolute Gasteiger partial charge is 0.465 e. The van der Waals surface area contributed by atoms with Crippen molar-refractivity contribution in [1.29, 1.82) is 0 Å². The highest BCUT2D eigenvalue weighted by molar-refractivity contribution is 14.0. The Bertz CT molecular complexity index is 518. The van der Waals surface area contributed by atoms with Crippen molar-refractivity contribution in [3.8, 4) is 0 Å². The van der Waals surface area contributed by atoms with Gasteiger partial charge in [-0.2, -0.15) is 0 Å². The minimum atomic E-state index is 0. The zero-order valence-electron chi connectivity index (χ0n) is 15.6. The molecular formula is C17H31IN4O3. The number of halogens is 1. The average Bonchev–Trinajstić information content (AvgIpc) is 3.01. The predicted molar refractivity (Wildman–Crippen MR) is 110 cm³/mol. The number of aliphatic imine (C=N–C) groups is 1. The highest BCUT2D eigenvalue weighted by atomic mass is 127. The summed E-state index contributed by atoms with van der Waals surface area (Å²) in [6.45, 7) is 8.70. The van der Waals surface area contributed by atoms with Gasteiger partial charge in [-0.1, -0.05) is 0 Å². The van der Waals surface area contributed by atoms with Crippen molar-refractivity contribution >= 4 is 29.9 Å². The first-order valence-electron chi connectivity index (χ1n) is 8.48. The molecule has 144 valence electrons. The van der Waals surface area contributed by atoms with Gasteiger partial charge in [0.05, 0.1) is 25.9 Å². The minimum Gasteiger partial charge on any atom is -0.465 e. The SMILES string of the molecule is CN=C(NCC(c1ccc(C)o1)N1CCOCC1)NC(C)COC.I. The lowest BCUT2D eigenvalue weighted by molar-refractivity contribution is 0.0124. The van der Waals surface area contributed by atoms with Crippen molar-refractivity contribution in [1.82, 2.24) is 15.5 Å². The molecule has 0 aliphatic carbocycles. The Morgan fingerprint density at radius 3 is 2.64 bits per heavy atom. The number of guanidine groups is 1. The number of aryl methyl sites for hydroxylation is 1. The molecule has 7 nitrogen and oxygen atoms in total. The third kappa shape index (κ3) is 7.12. The topological polar surface area (TPSA) is 71.3 Å². The van der Waals surface area contributed by atoms with Crippen molar-refractivity contribution in [2.75, 3.05) is 53.6 Å². The molecular weight excluding hydrogens is 435 g/mol. The maximum absolute atomic E-state index is 5.88. The van der Waals surface area contributed by atoms with E-state index in [0.29, 0.717) is 13.2 Å². The Balaban J connectivity index is 0.00000312. The highest BCUT2D eigenvalue weighted by Gasteiger charge is 2.25. The molecule has 0 aromatic carbocycles. The third-order valence-electron chi connectivity index (χ3n) is 4.06. The molecule has 1 saturated heterocycles. The summed E-state index contributed by atoms with van der Waals surface area (Å²) in [5.74, 6) is 2.67. The number of nitrogens with zero attached hydrogens (tertiary/aromatic N) is 2. The maximum Gasteiger partial charge on any atom is 0.191 e. The molecule has 2 unspecified atom stereocenters. The van der Waals surface area contributed by atoms with E-state index in [2.05, 4.69) is 33.5 Å². The molecule has 1 aromatic rings. The van der Waals surface area contributed by atoms with Crippen molar-refractivity contribution in [2.24, 2.45) is 4.99 Å². The van der Waals surface area contributed by atoms with Crippen LogP contribution in [0.5, 0.6) is 0 Å². The number of ether oxygens (including phenoxy) is 2. The van der Waals surface area contributed by atoms with Gasteiger partial charge in [-0.25, -0.2) is 0 Å². The van der Waals surface area contributed by atoms with Crippen LogP contribution in [-0.4, -0.2) is 70.5 Å². The highest BCUT2D eigenvalue weighted by Crippen LogP contribution is 2.23. The number of methoxy groups -OCH3 is 1. The Morgan fingerprint density at radius 2 is 2.08 bits per heavy atom. The van der Waals surface area contributed by atoms with E-state index in [1.165, 1.54) is 0 Å². The van der Waals surface area contributed by atoms with Crippen molar-refractivity contribution in [3.05, 3.63) is 23.7 Å². The predicted octanol–water partition coefficient (Wildman–Crippen LogP) is 1.78. The number of hydrogen-bond donors (Lipinski definition) is 2. The van der Waals surface area contributed by atoms with Crippen LogP contribution < -0.4 is 10.6 Å². The van der Waals surface area contributed by atoms with Crippen LogP contribution in [-0.2, 0) is 9.47 Å². The van der Waals surface area contributed by atoms with Crippen LogP contribution in [0.4, 0.5) is 0 Å². The molecule has 0 saturated carbocycles. The minimum absolute atomic E-state index is 0. The second-order valence-corrected chi connectivity index (χ2v) is 6.07. The van der Waals surface area contributed by atoms with Gasteiger partial charge in [-0.3, -0.25) is 9.89 Å². The molecule has 2 rings (SSSR count). The third-order valence-corrected chi connectivity index (χ3v) is 4.06. The van der Waals surface area contributed by atoms with Gasteiger partial charge in [0.2, 0.25) is 0 Å². The fourth-order valence-electron chi connectivity index (χ4n) is 2.84. The van der Waals surface area contributed by atoms with Gasteiger partial charge in [0, 0.05) is 39.8 Å². The van der Waals surface area contributed by atoms with E-state index in [9.17, 15) is 0 Å². The molecule has 25 heavy (non-hydrogen) atoms. The summed E-state index contributed by atoms with van der Waals surface area (Å²) in [6.07, 6.45) is 0. The van der Waals surface area contributed by atoms with Gasteiger partial charge >= 0.3 is 0 Å². The summed E-state index contributed by atoms with van der Waals surface area (Å²) in [5, 5.41) is 6.73. The van der Waals surface area contributed by atoms with E-state index < -0.39 is 0 Å². The van der Waals surface area contributed by atoms with Gasteiger partial charge in [0.25, 0.3) is 0 Å². The summed E-state index contributed by atoms with van der Waals surface area (Å²) in [5.41, 5.74) is 0. The molecule has 2 heterocycles. The maximum atomic E-state index is 5.88. The van der Waals surface area contributed by atoms with E-state index in [0.717, 1.165) is 43.8 Å². The monoisotopic (exact) mass is 466 g/mol. The molecule has 1 fully saturated rings. The molecule has 8 heteroatoms. The lowest BCUT2D eigenvalue weighted by Crippen LogP contribution is -2.48. The van der Waals surface area contributed by atoms with E-state index >= 15 is 0 Å². The zero-order chi connectivity index (χ0) is 17.4. The fourth-order valence-corrected chi connectivity index (χ4v) is 2.84. The number of morpholine rings is 1.